The molecule has 1 saturated heterocycles. The van der Waals surface area contributed by atoms with Crippen LogP contribution in [0.5, 0.6) is 0 Å². The van der Waals surface area contributed by atoms with Gasteiger partial charge in [0.2, 0.25) is 15.9 Å². The number of aryl methyl sites for hydroxylation is 2. The standard InChI is InChI=1S/C35H40N4O8S/c1-22-12-10-13-23(2)31(22)27-19-29(37-35(6,36-27)38-48(43,44)26-17-11-16-25(18-26)32(40)41)45-21-30-39(33(42)47-34(3,4)5)28(20-46-30)24-14-8-7-9-15-24/h7-19,28,30,36,38H,20-21H2,1-6H3,(H,40,41)/t28-,30?,35?/m1/s1. The normalized spacial score (nSPS) is 21.2. The number of aromatic carboxylic acids is 1. The van der Waals surface area contributed by atoms with Gasteiger partial charge in [-0.25, -0.2) is 23.0 Å². The number of aliphatic imine (C=N–C) groups is 1. The number of ether oxygens (including phenoxy) is 3. The predicted molar refractivity (Wildman–Crippen MR) is 180 cm³/mol. The van der Waals surface area contributed by atoms with Crippen LogP contribution in [-0.4, -0.2) is 67.2 Å². The van der Waals surface area contributed by atoms with Crippen molar-refractivity contribution in [1.29, 1.82) is 0 Å². The van der Waals surface area contributed by atoms with Gasteiger partial charge in [-0.3, -0.25) is 4.90 Å². The molecular formula is C35H40N4O8S. The zero-order chi connectivity index (χ0) is 34.9. The highest BCUT2D eigenvalue weighted by Crippen LogP contribution is 2.33. The van der Waals surface area contributed by atoms with Crippen LogP contribution in [0.3, 0.4) is 0 Å². The number of carbonyl (C=O) groups is 2. The minimum absolute atomic E-state index is 0.0757. The summed E-state index contributed by atoms with van der Waals surface area (Å²) in [5.74, 6) is -2.85. The molecule has 12 nitrogen and oxygen atoms in total. The van der Waals surface area contributed by atoms with Crippen LogP contribution in [0.1, 0.15) is 66.3 Å². The lowest BCUT2D eigenvalue weighted by atomic mass is 9.98. The number of rotatable bonds is 8. The van der Waals surface area contributed by atoms with Crippen LogP contribution in [0.2, 0.25) is 0 Å². The molecule has 2 aliphatic heterocycles. The van der Waals surface area contributed by atoms with Crippen molar-refractivity contribution in [3.63, 3.8) is 0 Å². The van der Waals surface area contributed by atoms with Crippen LogP contribution in [-0.2, 0) is 24.2 Å². The second-order valence-corrected chi connectivity index (χ2v) is 14.5. The molecule has 2 unspecified atom stereocenters. The molecule has 0 aliphatic carbocycles. The summed E-state index contributed by atoms with van der Waals surface area (Å²) < 4.78 is 47.8. The third-order valence-corrected chi connectivity index (χ3v) is 9.25. The summed E-state index contributed by atoms with van der Waals surface area (Å²) in [5.41, 5.74) is 3.16. The van der Waals surface area contributed by atoms with E-state index < -0.39 is 45.7 Å². The van der Waals surface area contributed by atoms with E-state index in [1.807, 2.05) is 62.4 Å². The molecule has 0 spiro atoms. The van der Waals surface area contributed by atoms with Crippen LogP contribution in [0.4, 0.5) is 4.79 Å². The van der Waals surface area contributed by atoms with E-state index in [0.717, 1.165) is 28.3 Å². The van der Waals surface area contributed by atoms with Gasteiger partial charge in [-0.1, -0.05) is 54.6 Å². The molecule has 5 rings (SSSR count). The molecule has 1 fully saturated rings. The summed E-state index contributed by atoms with van der Waals surface area (Å²) in [6, 6.07) is 19.9. The number of carboxylic acids is 1. The van der Waals surface area contributed by atoms with Gasteiger partial charge in [-0.2, -0.15) is 4.72 Å². The van der Waals surface area contributed by atoms with Gasteiger partial charge in [0.05, 0.1) is 28.8 Å². The summed E-state index contributed by atoms with van der Waals surface area (Å²) in [4.78, 5) is 30.9. The van der Waals surface area contributed by atoms with Gasteiger partial charge >= 0.3 is 12.1 Å². The summed E-state index contributed by atoms with van der Waals surface area (Å²) in [6.07, 6.45) is 0.252. The molecule has 13 heteroatoms. The van der Waals surface area contributed by atoms with Crippen LogP contribution in [0, 0.1) is 13.8 Å². The number of sulfonamides is 1. The first-order valence-corrected chi connectivity index (χ1v) is 16.9. The SMILES string of the molecule is Cc1cccc(C)c1C1=CC(OCC2OC[C@H](c3ccccc3)N2C(=O)OC(C)(C)C)=NC(C)(NS(=O)(=O)c2cccc(C(=O)O)c2)N1. The highest BCUT2D eigenvalue weighted by atomic mass is 32.2. The zero-order valence-corrected chi connectivity index (χ0v) is 28.5. The van der Waals surface area contributed by atoms with Gasteiger partial charge in [0.1, 0.15) is 12.2 Å². The fourth-order valence-corrected chi connectivity index (χ4v) is 6.93. The Labute approximate surface area is 280 Å². The molecule has 2 heterocycles. The van der Waals surface area contributed by atoms with Crippen molar-refractivity contribution in [3.8, 4) is 0 Å². The molecule has 1 amide bonds. The van der Waals surface area contributed by atoms with Gasteiger partial charge in [0.25, 0.3) is 0 Å². The lowest BCUT2D eigenvalue weighted by Crippen LogP contribution is -2.56. The van der Waals surface area contributed by atoms with E-state index in [0.29, 0.717) is 5.70 Å². The van der Waals surface area contributed by atoms with Crippen molar-refractivity contribution in [1.82, 2.24) is 14.9 Å². The first-order chi connectivity index (χ1) is 22.6. The summed E-state index contributed by atoms with van der Waals surface area (Å²) in [5, 5.41) is 12.6. The zero-order valence-electron chi connectivity index (χ0n) is 27.7. The molecule has 3 N–H and O–H groups in total. The van der Waals surface area contributed by atoms with Crippen LogP contribution in [0.25, 0.3) is 5.70 Å². The van der Waals surface area contributed by atoms with E-state index in [4.69, 9.17) is 14.2 Å². The fraction of sp³-hybridized carbons (Fsp3) is 0.343. The Balaban J connectivity index is 1.47. The number of carbonyl (C=O) groups excluding carboxylic acids is 1. The van der Waals surface area contributed by atoms with E-state index >= 15 is 0 Å². The molecule has 3 atom stereocenters. The molecule has 0 aromatic heterocycles. The topological polar surface area (TPSA) is 156 Å². The Hall–Kier alpha value is -4.72. The highest BCUT2D eigenvalue weighted by Gasteiger charge is 2.42. The molecule has 254 valence electrons. The Bertz CT molecular complexity index is 1850. The molecule has 2 aliphatic rings. The average Bonchev–Trinajstić information content (AvgIpc) is 3.43. The predicted octanol–water partition coefficient (Wildman–Crippen LogP) is 5.35. The molecule has 3 aromatic carbocycles. The molecule has 0 bridgehead atoms. The molecule has 0 saturated carbocycles. The lowest BCUT2D eigenvalue weighted by molar-refractivity contribution is -0.0311. The Morgan fingerprint density at radius 3 is 2.38 bits per heavy atom. The van der Waals surface area contributed by atoms with Crippen molar-refractivity contribution < 1.29 is 37.3 Å². The van der Waals surface area contributed by atoms with E-state index in [1.165, 1.54) is 30.0 Å². The number of hydrogen-bond donors (Lipinski definition) is 3. The average molecular weight is 677 g/mol. The molecular weight excluding hydrogens is 636 g/mol. The van der Waals surface area contributed by atoms with Crippen LogP contribution in [0.15, 0.2) is 88.8 Å². The van der Waals surface area contributed by atoms with Crippen molar-refractivity contribution in [2.75, 3.05) is 13.2 Å². The Kier molecular flexibility index (Phi) is 9.67. The van der Waals surface area contributed by atoms with E-state index in [-0.39, 0.29) is 29.6 Å². The minimum Gasteiger partial charge on any atom is -0.478 e. The summed E-state index contributed by atoms with van der Waals surface area (Å²) in [6.45, 7) is 10.8. The van der Waals surface area contributed by atoms with E-state index in [9.17, 15) is 23.1 Å². The van der Waals surface area contributed by atoms with Gasteiger partial charge in [0, 0.05) is 11.6 Å². The molecule has 48 heavy (non-hydrogen) atoms. The Morgan fingerprint density at radius 1 is 1.06 bits per heavy atom. The summed E-state index contributed by atoms with van der Waals surface area (Å²) in [7, 11) is -4.29. The lowest BCUT2D eigenvalue weighted by Gasteiger charge is -2.35. The smallest absolute Gasteiger partial charge is 0.413 e. The maximum absolute atomic E-state index is 13.6. The van der Waals surface area contributed by atoms with E-state index in [1.54, 1.807) is 26.8 Å². The van der Waals surface area contributed by atoms with Crippen molar-refractivity contribution in [2.24, 2.45) is 4.99 Å². The summed E-state index contributed by atoms with van der Waals surface area (Å²) >= 11 is 0. The van der Waals surface area contributed by atoms with Crippen molar-refractivity contribution in [3.05, 3.63) is 107 Å². The number of nitrogens with zero attached hydrogens (tertiary/aromatic N) is 2. The minimum atomic E-state index is -4.29. The first-order valence-electron chi connectivity index (χ1n) is 15.4. The van der Waals surface area contributed by atoms with E-state index in [2.05, 4.69) is 15.0 Å². The van der Waals surface area contributed by atoms with Gasteiger partial charge in [-0.15, -0.1) is 0 Å². The monoisotopic (exact) mass is 676 g/mol. The largest absolute Gasteiger partial charge is 0.478 e. The number of nitrogens with one attached hydrogen (secondary N) is 2. The number of carboxylic acid groups (broad SMARTS) is 1. The first kappa shape index (κ1) is 34.6. The maximum atomic E-state index is 13.6. The highest BCUT2D eigenvalue weighted by molar-refractivity contribution is 7.89. The Morgan fingerprint density at radius 2 is 1.73 bits per heavy atom. The fourth-order valence-electron chi connectivity index (χ4n) is 5.66. The van der Waals surface area contributed by atoms with Gasteiger partial charge in [0.15, 0.2) is 12.0 Å². The van der Waals surface area contributed by atoms with Crippen LogP contribution < -0.4 is 10.0 Å². The van der Waals surface area contributed by atoms with Crippen LogP contribution >= 0.6 is 0 Å². The second-order valence-electron chi connectivity index (χ2n) is 12.8. The van der Waals surface area contributed by atoms with Crippen molar-refractivity contribution in [2.45, 2.75) is 70.1 Å². The molecule has 3 aromatic rings. The van der Waals surface area contributed by atoms with Crippen molar-refractivity contribution >= 4 is 33.7 Å². The number of benzene rings is 3. The number of hydrogen-bond acceptors (Lipinski definition) is 9. The number of amides is 1. The molecule has 0 radical (unpaired) electrons. The third-order valence-electron chi connectivity index (χ3n) is 7.71. The quantitative estimate of drug-likeness (QED) is 0.286. The van der Waals surface area contributed by atoms with Gasteiger partial charge in [-0.05, 0) is 76.4 Å². The van der Waals surface area contributed by atoms with Gasteiger partial charge < -0.3 is 24.6 Å². The second kappa shape index (κ2) is 13.4. The third kappa shape index (κ3) is 7.87. The maximum Gasteiger partial charge on any atom is 0.413 e.